The fraction of sp³-hybridized carbons (Fsp3) is 0.333. The molecule has 1 aliphatic heterocycles. The molecule has 3 aromatic rings. The second-order valence-electron chi connectivity index (χ2n) is 8.31. The fourth-order valence-corrected chi connectivity index (χ4v) is 4.00. The van der Waals surface area contributed by atoms with E-state index in [9.17, 15) is 4.79 Å². The molecule has 1 saturated heterocycles. The van der Waals surface area contributed by atoms with Crippen LogP contribution in [0.2, 0.25) is 0 Å². The maximum atomic E-state index is 12.4. The predicted molar refractivity (Wildman–Crippen MR) is 120 cm³/mol. The van der Waals surface area contributed by atoms with Gasteiger partial charge in [-0.1, -0.05) is 25.1 Å². The van der Waals surface area contributed by atoms with Gasteiger partial charge in [0.25, 0.3) is 0 Å². The summed E-state index contributed by atoms with van der Waals surface area (Å²) in [7, 11) is 0. The van der Waals surface area contributed by atoms with E-state index in [1.807, 2.05) is 47.4 Å². The van der Waals surface area contributed by atoms with Gasteiger partial charge in [0.2, 0.25) is 5.91 Å². The van der Waals surface area contributed by atoms with Crippen molar-refractivity contribution in [3.8, 4) is 0 Å². The van der Waals surface area contributed by atoms with Crippen LogP contribution in [-0.4, -0.2) is 29.5 Å². The number of benzene rings is 2. The number of hydrogen-bond donors (Lipinski definition) is 2. The molecule has 0 bridgehead atoms. The van der Waals surface area contributed by atoms with E-state index >= 15 is 0 Å². The van der Waals surface area contributed by atoms with Crippen LogP contribution in [0.5, 0.6) is 0 Å². The molecule has 2 heterocycles. The number of carbonyl (C=O) groups excluding carboxylic acids is 1. The third-order valence-corrected chi connectivity index (χ3v) is 5.57. The zero-order valence-corrected chi connectivity index (χ0v) is 17.5. The van der Waals surface area contributed by atoms with Crippen LogP contribution in [0.3, 0.4) is 0 Å². The van der Waals surface area contributed by atoms with Crippen molar-refractivity contribution >= 4 is 33.9 Å². The molecule has 0 saturated carbocycles. The number of anilines is 3. The molecule has 0 spiro atoms. The van der Waals surface area contributed by atoms with Crippen molar-refractivity contribution in [2.24, 2.45) is 0 Å². The number of piperazine rings is 1. The molecule has 150 valence electrons. The number of nitrogens with one attached hydrogen (secondary N) is 2. The van der Waals surface area contributed by atoms with Gasteiger partial charge >= 0.3 is 0 Å². The minimum absolute atomic E-state index is 0.0889. The number of aryl methyl sites for hydroxylation is 1. The van der Waals surface area contributed by atoms with E-state index in [4.69, 9.17) is 4.98 Å². The first-order chi connectivity index (χ1) is 13.9. The first-order valence-electron chi connectivity index (χ1n) is 10.2. The van der Waals surface area contributed by atoms with Gasteiger partial charge in [-0.3, -0.25) is 9.78 Å². The van der Waals surface area contributed by atoms with Gasteiger partial charge in [0.1, 0.15) is 0 Å². The van der Waals surface area contributed by atoms with Crippen LogP contribution in [0.1, 0.15) is 32.0 Å². The van der Waals surface area contributed by atoms with Crippen LogP contribution in [0, 0.1) is 6.92 Å². The van der Waals surface area contributed by atoms with Gasteiger partial charge in [-0.15, -0.1) is 0 Å². The van der Waals surface area contributed by atoms with Crippen LogP contribution in [-0.2, 0) is 11.2 Å². The zero-order valence-electron chi connectivity index (χ0n) is 17.5. The van der Waals surface area contributed by atoms with Crippen LogP contribution in [0.25, 0.3) is 10.9 Å². The second-order valence-corrected chi connectivity index (χ2v) is 8.31. The Labute approximate surface area is 172 Å². The van der Waals surface area contributed by atoms with E-state index in [1.54, 1.807) is 0 Å². The number of rotatable bonds is 4. The quantitative estimate of drug-likeness (QED) is 0.688. The first-order valence-corrected chi connectivity index (χ1v) is 10.2. The van der Waals surface area contributed by atoms with E-state index in [0.29, 0.717) is 13.1 Å². The van der Waals surface area contributed by atoms with Gasteiger partial charge in [0, 0.05) is 34.5 Å². The monoisotopic (exact) mass is 388 g/mol. The Morgan fingerprint density at radius 2 is 1.86 bits per heavy atom. The lowest BCUT2D eigenvalue weighted by atomic mass is 10.0. The standard InChI is InChI=1S/C24H28N4O/c1-5-19-16(2)26-21-9-7-6-8-20(21)23(19)27-17-10-12-18(13-11-17)28-15-24(3,4)25-14-22(28)29/h6-13,25H,5,14-15H2,1-4H3,(H,26,27). The average Bonchev–Trinajstić information content (AvgIpc) is 2.70. The average molecular weight is 389 g/mol. The molecular weight excluding hydrogens is 360 g/mol. The zero-order chi connectivity index (χ0) is 20.6. The summed E-state index contributed by atoms with van der Waals surface area (Å²) < 4.78 is 0. The van der Waals surface area contributed by atoms with Crippen LogP contribution in [0.15, 0.2) is 48.5 Å². The molecule has 1 fully saturated rings. The molecule has 4 rings (SSSR count). The van der Waals surface area contributed by atoms with E-state index in [2.05, 4.69) is 44.4 Å². The summed E-state index contributed by atoms with van der Waals surface area (Å²) in [6, 6.07) is 16.3. The number of amides is 1. The van der Waals surface area contributed by atoms with Gasteiger partial charge in [0.15, 0.2) is 0 Å². The van der Waals surface area contributed by atoms with Crippen molar-refractivity contribution in [1.29, 1.82) is 0 Å². The fourth-order valence-electron chi connectivity index (χ4n) is 4.00. The Morgan fingerprint density at radius 3 is 2.59 bits per heavy atom. The molecule has 0 radical (unpaired) electrons. The van der Waals surface area contributed by atoms with Gasteiger partial charge in [0.05, 0.1) is 17.7 Å². The number of aromatic nitrogens is 1. The summed E-state index contributed by atoms with van der Waals surface area (Å²) in [5.74, 6) is 0.106. The number of pyridine rings is 1. The summed E-state index contributed by atoms with van der Waals surface area (Å²) in [6.45, 7) is 9.49. The Morgan fingerprint density at radius 1 is 1.14 bits per heavy atom. The molecule has 29 heavy (non-hydrogen) atoms. The summed E-state index contributed by atoms with van der Waals surface area (Å²) in [5, 5.41) is 8.01. The van der Waals surface area contributed by atoms with Gasteiger partial charge < -0.3 is 15.5 Å². The molecule has 0 atom stereocenters. The Hall–Kier alpha value is -2.92. The summed E-state index contributed by atoms with van der Waals surface area (Å²) in [4.78, 5) is 19.0. The van der Waals surface area contributed by atoms with E-state index < -0.39 is 0 Å². The van der Waals surface area contributed by atoms with Gasteiger partial charge in [-0.05, 0) is 63.1 Å². The molecular formula is C24H28N4O. The minimum Gasteiger partial charge on any atom is -0.355 e. The Bertz CT molecular complexity index is 1060. The number of para-hydroxylation sites is 1. The Kier molecular flexibility index (Phi) is 5.01. The van der Waals surface area contributed by atoms with E-state index in [1.165, 1.54) is 5.56 Å². The number of nitrogens with zero attached hydrogens (tertiary/aromatic N) is 2. The van der Waals surface area contributed by atoms with Crippen molar-refractivity contribution in [1.82, 2.24) is 10.3 Å². The van der Waals surface area contributed by atoms with Crippen molar-refractivity contribution in [2.75, 3.05) is 23.3 Å². The maximum absolute atomic E-state index is 12.4. The highest BCUT2D eigenvalue weighted by Gasteiger charge is 2.31. The van der Waals surface area contributed by atoms with E-state index in [-0.39, 0.29) is 11.4 Å². The highest BCUT2D eigenvalue weighted by atomic mass is 16.2. The molecule has 5 nitrogen and oxygen atoms in total. The highest BCUT2D eigenvalue weighted by molar-refractivity contribution is 5.97. The predicted octanol–water partition coefficient (Wildman–Crippen LogP) is 4.56. The normalized spacial score (nSPS) is 16.3. The minimum atomic E-state index is -0.0889. The molecule has 0 unspecified atom stereocenters. The van der Waals surface area contributed by atoms with Crippen molar-refractivity contribution in [3.05, 3.63) is 59.8 Å². The van der Waals surface area contributed by atoms with Crippen molar-refractivity contribution in [3.63, 3.8) is 0 Å². The van der Waals surface area contributed by atoms with Gasteiger partial charge in [-0.2, -0.15) is 0 Å². The first kappa shape index (κ1) is 19.4. The molecule has 2 aromatic carbocycles. The van der Waals surface area contributed by atoms with Crippen LogP contribution in [0.4, 0.5) is 17.1 Å². The summed E-state index contributed by atoms with van der Waals surface area (Å²) >= 11 is 0. The largest absolute Gasteiger partial charge is 0.355 e. The molecule has 0 aliphatic carbocycles. The molecule has 5 heteroatoms. The number of carbonyl (C=O) groups is 1. The van der Waals surface area contributed by atoms with E-state index in [0.717, 1.165) is 40.1 Å². The molecule has 2 N–H and O–H groups in total. The Balaban J connectivity index is 1.65. The van der Waals surface area contributed by atoms with Gasteiger partial charge in [-0.25, -0.2) is 0 Å². The molecule has 1 amide bonds. The summed E-state index contributed by atoms with van der Waals surface area (Å²) in [6.07, 6.45) is 0.911. The lowest BCUT2D eigenvalue weighted by Gasteiger charge is -2.38. The van der Waals surface area contributed by atoms with Crippen molar-refractivity contribution < 1.29 is 4.79 Å². The molecule has 1 aliphatic rings. The maximum Gasteiger partial charge on any atom is 0.241 e. The summed E-state index contributed by atoms with van der Waals surface area (Å²) in [5.41, 5.74) is 6.24. The third-order valence-electron chi connectivity index (χ3n) is 5.57. The lowest BCUT2D eigenvalue weighted by molar-refractivity contribution is -0.119. The molecule has 1 aromatic heterocycles. The third kappa shape index (κ3) is 3.83. The number of fused-ring (bicyclic) bond motifs is 1. The SMILES string of the molecule is CCc1c(C)nc2ccccc2c1Nc1ccc(N2CC(C)(C)NCC2=O)cc1. The highest BCUT2D eigenvalue weighted by Crippen LogP contribution is 2.32. The van der Waals surface area contributed by atoms with Crippen molar-refractivity contribution in [2.45, 2.75) is 39.7 Å². The number of hydrogen-bond acceptors (Lipinski definition) is 4. The van der Waals surface area contributed by atoms with Crippen LogP contribution >= 0.6 is 0 Å². The lowest BCUT2D eigenvalue weighted by Crippen LogP contribution is -2.59. The smallest absolute Gasteiger partial charge is 0.241 e. The topological polar surface area (TPSA) is 57.3 Å². The van der Waals surface area contributed by atoms with Crippen LogP contribution < -0.4 is 15.5 Å². The second kappa shape index (κ2) is 7.48.